The van der Waals surface area contributed by atoms with Crippen LogP contribution in [0.25, 0.3) is 0 Å². The molecule has 2 unspecified atom stereocenters. The Kier molecular flexibility index (Phi) is 3.80. The molecular formula is C13H24O3. The van der Waals surface area contributed by atoms with Crippen LogP contribution in [-0.2, 0) is 14.3 Å². The number of ketones is 1. The first-order chi connectivity index (χ1) is 7.18. The largest absolute Gasteiger partial charge is 0.381 e. The number of ether oxygens (including phenoxy) is 2. The van der Waals surface area contributed by atoms with Gasteiger partial charge in [0.25, 0.3) is 0 Å². The van der Waals surface area contributed by atoms with Crippen LogP contribution < -0.4 is 0 Å². The maximum atomic E-state index is 12.2. The molecule has 3 heteroatoms. The third kappa shape index (κ3) is 3.05. The van der Waals surface area contributed by atoms with E-state index in [0.717, 1.165) is 6.42 Å². The quantitative estimate of drug-likeness (QED) is 0.742. The number of carbonyl (C=O) groups excluding carboxylic acids is 1. The van der Waals surface area contributed by atoms with Gasteiger partial charge in [0.15, 0.2) is 0 Å². The zero-order chi connectivity index (χ0) is 12.6. The molecule has 0 aliphatic carbocycles. The molecule has 1 aliphatic rings. The number of hydrogen-bond donors (Lipinski definition) is 0. The van der Waals surface area contributed by atoms with Crippen LogP contribution in [0.15, 0.2) is 0 Å². The molecular weight excluding hydrogens is 204 g/mol. The summed E-state index contributed by atoms with van der Waals surface area (Å²) in [6.07, 6.45) is 1.27. The summed E-state index contributed by atoms with van der Waals surface area (Å²) in [4.78, 5) is 12.2. The molecule has 0 bridgehead atoms. The first-order valence-corrected chi connectivity index (χ1v) is 5.93. The second-order valence-electron chi connectivity index (χ2n) is 5.94. The molecule has 0 amide bonds. The second-order valence-corrected chi connectivity index (χ2v) is 5.94. The predicted molar refractivity (Wildman–Crippen MR) is 63.4 cm³/mol. The normalized spacial score (nSPS) is 29.0. The zero-order valence-corrected chi connectivity index (χ0v) is 11.3. The van der Waals surface area contributed by atoms with Crippen LogP contribution >= 0.6 is 0 Å². The summed E-state index contributed by atoms with van der Waals surface area (Å²) in [6.45, 7) is 10.0. The average molecular weight is 228 g/mol. The topological polar surface area (TPSA) is 35.5 Å². The van der Waals surface area contributed by atoms with E-state index in [-0.39, 0.29) is 29.0 Å². The zero-order valence-electron chi connectivity index (χ0n) is 11.3. The van der Waals surface area contributed by atoms with Gasteiger partial charge < -0.3 is 9.47 Å². The Balaban J connectivity index is 2.70. The molecule has 2 atom stereocenters. The van der Waals surface area contributed by atoms with Crippen molar-refractivity contribution < 1.29 is 14.3 Å². The predicted octanol–water partition coefficient (Wildman–Crippen LogP) is 2.57. The van der Waals surface area contributed by atoms with Gasteiger partial charge >= 0.3 is 0 Å². The summed E-state index contributed by atoms with van der Waals surface area (Å²) in [5.74, 6) is 0.241. The van der Waals surface area contributed by atoms with Gasteiger partial charge in [0.1, 0.15) is 5.78 Å². The van der Waals surface area contributed by atoms with E-state index in [2.05, 4.69) is 0 Å². The van der Waals surface area contributed by atoms with Crippen LogP contribution in [0.2, 0.25) is 0 Å². The van der Waals surface area contributed by atoms with Crippen molar-refractivity contribution in [2.24, 2.45) is 5.92 Å². The first-order valence-electron chi connectivity index (χ1n) is 5.93. The third-order valence-corrected chi connectivity index (χ3v) is 3.35. The van der Waals surface area contributed by atoms with Crippen LogP contribution in [0.4, 0.5) is 0 Å². The molecule has 1 rings (SSSR count). The summed E-state index contributed by atoms with van der Waals surface area (Å²) >= 11 is 0. The van der Waals surface area contributed by atoms with E-state index in [0.29, 0.717) is 6.42 Å². The van der Waals surface area contributed by atoms with E-state index in [1.165, 1.54) is 0 Å². The summed E-state index contributed by atoms with van der Waals surface area (Å²) in [7, 11) is 1.64. The van der Waals surface area contributed by atoms with Gasteiger partial charge in [-0.1, -0.05) is 0 Å². The van der Waals surface area contributed by atoms with E-state index < -0.39 is 0 Å². The number of methoxy groups -OCH3 is 1. The van der Waals surface area contributed by atoms with E-state index in [9.17, 15) is 4.79 Å². The van der Waals surface area contributed by atoms with Crippen molar-refractivity contribution in [3.63, 3.8) is 0 Å². The minimum atomic E-state index is -0.353. The van der Waals surface area contributed by atoms with Crippen LogP contribution in [-0.4, -0.2) is 30.2 Å². The Bertz CT molecular complexity index is 268. The molecule has 0 aromatic carbocycles. The lowest BCUT2D eigenvalue weighted by Gasteiger charge is -2.27. The smallest absolute Gasteiger partial charge is 0.141 e. The Morgan fingerprint density at radius 3 is 2.38 bits per heavy atom. The lowest BCUT2D eigenvalue weighted by Crippen LogP contribution is -2.35. The van der Waals surface area contributed by atoms with E-state index in [1.807, 2.05) is 34.6 Å². The Hall–Kier alpha value is -0.410. The lowest BCUT2D eigenvalue weighted by atomic mass is 9.82. The van der Waals surface area contributed by atoms with Crippen LogP contribution in [0.1, 0.15) is 47.5 Å². The average Bonchev–Trinajstić information content (AvgIpc) is 2.34. The second kappa shape index (κ2) is 4.46. The highest BCUT2D eigenvalue weighted by atomic mass is 16.5. The molecule has 1 saturated heterocycles. The Morgan fingerprint density at radius 1 is 1.44 bits per heavy atom. The SMILES string of the molecule is COC(C)CC(=O)C1CC(C)(C)OC1(C)C. The van der Waals surface area contributed by atoms with Gasteiger partial charge in [-0.05, 0) is 41.0 Å². The monoisotopic (exact) mass is 228 g/mol. The van der Waals surface area contributed by atoms with Crippen molar-refractivity contribution in [1.82, 2.24) is 0 Å². The number of Topliss-reactive ketones (excluding diaryl/α,β-unsaturated/α-hetero) is 1. The van der Waals surface area contributed by atoms with E-state index >= 15 is 0 Å². The molecule has 0 spiro atoms. The van der Waals surface area contributed by atoms with Gasteiger partial charge in [0.05, 0.1) is 17.3 Å². The highest BCUT2D eigenvalue weighted by Crippen LogP contribution is 2.42. The number of rotatable bonds is 4. The van der Waals surface area contributed by atoms with Gasteiger partial charge in [-0.3, -0.25) is 4.79 Å². The summed E-state index contributed by atoms with van der Waals surface area (Å²) in [6, 6.07) is 0. The first kappa shape index (κ1) is 13.7. The van der Waals surface area contributed by atoms with Crippen molar-refractivity contribution >= 4 is 5.78 Å². The van der Waals surface area contributed by atoms with Crippen LogP contribution in [0.5, 0.6) is 0 Å². The van der Waals surface area contributed by atoms with Crippen molar-refractivity contribution in [1.29, 1.82) is 0 Å². The molecule has 3 nitrogen and oxygen atoms in total. The number of carbonyl (C=O) groups is 1. The maximum Gasteiger partial charge on any atom is 0.141 e. The molecule has 94 valence electrons. The molecule has 0 aromatic heterocycles. The Morgan fingerprint density at radius 2 is 2.00 bits per heavy atom. The third-order valence-electron chi connectivity index (χ3n) is 3.35. The van der Waals surface area contributed by atoms with E-state index in [1.54, 1.807) is 7.11 Å². The van der Waals surface area contributed by atoms with Gasteiger partial charge in [0.2, 0.25) is 0 Å². The van der Waals surface area contributed by atoms with Gasteiger partial charge in [0, 0.05) is 19.4 Å². The molecule has 1 aliphatic heterocycles. The highest BCUT2D eigenvalue weighted by Gasteiger charge is 2.48. The summed E-state index contributed by atoms with van der Waals surface area (Å²) in [5.41, 5.74) is -0.547. The van der Waals surface area contributed by atoms with Gasteiger partial charge in [-0.2, -0.15) is 0 Å². The summed E-state index contributed by atoms with van der Waals surface area (Å²) < 4.78 is 11.1. The van der Waals surface area contributed by atoms with Crippen LogP contribution in [0, 0.1) is 5.92 Å². The molecule has 1 fully saturated rings. The van der Waals surface area contributed by atoms with Gasteiger partial charge in [-0.25, -0.2) is 0 Å². The maximum absolute atomic E-state index is 12.2. The van der Waals surface area contributed by atoms with Crippen molar-refractivity contribution in [3.05, 3.63) is 0 Å². The van der Waals surface area contributed by atoms with E-state index in [4.69, 9.17) is 9.47 Å². The standard InChI is InChI=1S/C13H24O3/c1-9(15-6)7-11(14)10-8-12(2,3)16-13(10,4)5/h9-10H,7-8H2,1-6H3. The highest BCUT2D eigenvalue weighted by molar-refractivity contribution is 5.83. The minimum Gasteiger partial charge on any atom is -0.381 e. The fraction of sp³-hybridized carbons (Fsp3) is 0.923. The van der Waals surface area contributed by atoms with Crippen molar-refractivity contribution in [2.75, 3.05) is 7.11 Å². The van der Waals surface area contributed by atoms with Crippen molar-refractivity contribution in [3.8, 4) is 0 Å². The number of hydrogen-bond acceptors (Lipinski definition) is 3. The minimum absolute atomic E-state index is 0.00740. The fourth-order valence-electron chi connectivity index (χ4n) is 2.57. The molecule has 0 N–H and O–H groups in total. The molecule has 0 aromatic rings. The lowest BCUT2D eigenvalue weighted by molar-refractivity contribution is -0.131. The molecule has 0 saturated carbocycles. The molecule has 16 heavy (non-hydrogen) atoms. The molecule has 0 radical (unpaired) electrons. The van der Waals surface area contributed by atoms with Crippen molar-refractivity contribution in [2.45, 2.75) is 64.8 Å². The summed E-state index contributed by atoms with van der Waals surface area (Å²) in [5, 5.41) is 0. The fourth-order valence-corrected chi connectivity index (χ4v) is 2.57. The molecule has 1 heterocycles. The van der Waals surface area contributed by atoms with Gasteiger partial charge in [-0.15, -0.1) is 0 Å². The Labute approximate surface area is 98.5 Å². The van der Waals surface area contributed by atoms with Crippen LogP contribution in [0.3, 0.4) is 0 Å².